The molecule has 0 radical (unpaired) electrons. The molecule has 0 aromatic heterocycles. The molecule has 3 atom stereocenters. The van der Waals surface area contributed by atoms with Crippen LogP contribution >= 0.6 is 0 Å². The number of nitrogens with one attached hydrogen (secondary N) is 1. The molecule has 2 heteroatoms. The third-order valence-corrected chi connectivity index (χ3v) is 3.35. The van der Waals surface area contributed by atoms with E-state index in [9.17, 15) is 0 Å². The number of hydrogen-bond acceptors (Lipinski definition) is 2. The minimum atomic E-state index is -0.135. The second-order valence-electron chi connectivity index (χ2n) is 4.73. The first-order valence-electron chi connectivity index (χ1n) is 6.13. The van der Waals surface area contributed by atoms with Gasteiger partial charge >= 0.3 is 0 Å². The highest BCUT2D eigenvalue weighted by atomic mass is 16.3. The standard InChI is InChI=1S/C12H25NO/c1-3-11-6-7-12(9-11)13-8-4-5-10(2)14/h10-14H,3-9H2,1-2H3. The smallest absolute Gasteiger partial charge is 0.0512 e. The Labute approximate surface area is 88.1 Å². The summed E-state index contributed by atoms with van der Waals surface area (Å²) in [5.41, 5.74) is 0. The van der Waals surface area contributed by atoms with Gasteiger partial charge in [0.15, 0.2) is 0 Å². The third-order valence-electron chi connectivity index (χ3n) is 3.35. The highest BCUT2D eigenvalue weighted by Crippen LogP contribution is 2.27. The summed E-state index contributed by atoms with van der Waals surface area (Å²) in [4.78, 5) is 0. The summed E-state index contributed by atoms with van der Waals surface area (Å²) in [6, 6.07) is 0.758. The third kappa shape index (κ3) is 4.43. The van der Waals surface area contributed by atoms with Gasteiger partial charge in [-0.05, 0) is 51.5 Å². The molecule has 1 aliphatic rings. The lowest BCUT2D eigenvalue weighted by Crippen LogP contribution is -2.27. The van der Waals surface area contributed by atoms with Crippen molar-refractivity contribution in [3.8, 4) is 0 Å². The van der Waals surface area contributed by atoms with Crippen molar-refractivity contribution >= 4 is 0 Å². The molecule has 3 unspecified atom stereocenters. The maximum atomic E-state index is 9.10. The Bertz CT molecular complexity index is 147. The van der Waals surface area contributed by atoms with Crippen LogP contribution in [0, 0.1) is 5.92 Å². The highest BCUT2D eigenvalue weighted by Gasteiger charge is 2.22. The first-order chi connectivity index (χ1) is 6.72. The summed E-state index contributed by atoms with van der Waals surface area (Å²) in [6.07, 6.45) is 7.36. The van der Waals surface area contributed by atoms with Gasteiger partial charge in [-0.1, -0.05) is 13.3 Å². The van der Waals surface area contributed by atoms with Gasteiger partial charge in [-0.25, -0.2) is 0 Å². The van der Waals surface area contributed by atoms with Crippen molar-refractivity contribution in [3.63, 3.8) is 0 Å². The van der Waals surface area contributed by atoms with Crippen molar-refractivity contribution in [2.45, 2.75) is 64.5 Å². The van der Waals surface area contributed by atoms with Crippen molar-refractivity contribution in [2.24, 2.45) is 5.92 Å². The molecule has 0 spiro atoms. The van der Waals surface area contributed by atoms with E-state index in [1.807, 2.05) is 6.92 Å². The van der Waals surface area contributed by atoms with Crippen LogP contribution in [0.4, 0.5) is 0 Å². The van der Waals surface area contributed by atoms with Gasteiger partial charge in [-0.15, -0.1) is 0 Å². The summed E-state index contributed by atoms with van der Waals surface area (Å²) in [5, 5.41) is 12.7. The Morgan fingerprint density at radius 2 is 2.21 bits per heavy atom. The molecule has 0 amide bonds. The second kappa shape index (κ2) is 6.41. The van der Waals surface area contributed by atoms with E-state index in [0.717, 1.165) is 31.3 Å². The monoisotopic (exact) mass is 199 g/mol. The lowest BCUT2D eigenvalue weighted by Gasteiger charge is -2.13. The van der Waals surface area contributed by atoms with Crippen molar-refractivity contribution < 1.29 is 5.11 Å². The van der Waals surface area contributed by atoms with Crippen LogP contribution < -0.4 is 5.32 Å². The van der Waals surface area contributed by atoms with Crippen LogP contribution in [0.3, 0.4) is 0 Å². The van der Waals surface area contributed by atoms with Crippen LogP contribution in [0.15, 0.2) is 0 Å². The van der Waals surface area contributed by atoms with Gasteiger partial charge in [-0.2, -0.15) is 0 Å². The number of aliphatic hydroxyl groups is 1. The predicted molar refractivity (Wildman–Crippen MR) is 60.3 cm³/mol. The fourth-order valence-corrected chi connectivity index (χ4v) is 2.33. The summed E-state index contributed by atoms with van der Waals surface area (Å²) in [6.45, 7) is 5.23. The maximum absolute atomic E-state index is 9.10. The molecular formula is C12H25NO. The Morgan fingerprint density at radius 3 is 2.79 bits per heavy atom. The molecule has 0 aromatic rings. The van der Waals surface area contributed by atoms with E-state index in [2.05, 4.69) is 12.2 Å². The van der Waals surface area contributed by atoms with Crippen LogP contribution in [0.1, 0.15) is 52.4 Å². The first-order valence-corrected chi connectivity index (χ1v) is 6.13. The zero-order valence-electron chi connectivity index (χ0n) is 9.63. The van der Waals surface area contributed by atoms with E-state index in [4.69, 9.17) is 5.11 Å². The van der Waals surface area contributed by atoms with Gasteiger partial charge in [0.05, 0.1) is 6.10 Å². The number of hydrogen-bond donors (Lipinski definition) is 2. The van der Waals surface area contributed by atoms with E-state index in [-0.39, 0.29) is 6.10 Å². The second-order valence-corrected chi connectivity index (χ2v) is 4.73. The van der Waals surface area contributed by atoms with Gasteiger partial charge in [0.2, 0.25) is 0 Å². The minimum absolute atomic E-state index is 0.135. The molecule has 0 aliphatic heterocycles. The lowest BCUT2D eigenvalue weighted by molar-refractivity contribution is 0.181. The molecule has 0 saturated heterocycles. The predicted octanol–water partition coefficient (Wildman–Crippen LogP) is 2.32. The molecule has 2 N–H and O–H groups in total. The van der Waals surface area contributed by atoms with Gasteiger partial charge < -0.3 is 10.4 Å². The summed E-state index contributed by atoms with van der Waals surface area (Å²) < 4.78 is 0. The van der Waals surface area contributed by atoms with E-state index in [1.165, 1.54) is 25.7 Å². The van der Waals surface area contributed by atoms with Crippen LogP contribution in [0.5, 0.6) is 0 Å². The Kier molecular flexibility index (Phi) is 5.49. The lowest BCUT2D eigenvalue weighted by atomic mass is 10.1. The molecule has 1 aliphatic carbocycles. The zero-order valence-corrected chi connectivity index (χ0v) is 9.63. The maximum Gasteiger partial charge on any atom is 0.0512 e. The normalized spacial score (nSPS) is 29.4. The van der Waals surface area contributed by atoms with Crippen LogP contribution in [-0.4, -0.2) is 23.8 Å². The minimum Gasteiger partial charge on any atom is -0.393 e. The molecule has 1 saturated carbocycles. The highest BCUT2D eigenvalue weighted by molar-refractivity contribution is 4.79. The van der Waals surface area contributed by atoms with Crippen molar-refractivity contribution in [1.29, 1.82) is 0 Å². The van der Waals surface area contributed by atoms with E-state index in [1.54, 1.807) is 0 Å². The summed E-state index contributed by atoms with van der Waals surface area (Å²) in [7, 11) is 0. The van der Waals surface area contributed by atoms with E-state index in [0.29, 0.717) is 0 Å². The fraction of sp³-hybridized carbons (Fsp3) is 1.00. The Hall–Kier alpha value is -0.0800. The number of rotatable bonds is 6. The topological polar surface area (TPSA) is 32.3 Å². The molecule has 14 heavy (non-hydrogen) atoms. The van der Waals surface area contributed by atoms with Crippen LogP contribution in [0.25, 0.3) is 0 Å². The van der Waals surface area contributed by atoms with Crippen molar-refractivity contribution in [3.05, 3.63) is 0 Å². The van der Waals surface area contributed by atoms with Crippen LogP contribution in [-0.2, 0) is 0 Å². The summed E-state index contributed by atoms with van der Waals surface area (Å²) >= 11 is 0. The van der Waals surface area contributed by atoms with Crippen molar-refractivity contribution in [1.82, 2.24) is 5.32 Å². The molecule has 2 nitrogen and oxygen atoms in total. The molecule has 1 fully saturated rings. The average molecular weight is 199 g/mol. The van der Waals surface area contributed by atoms with E-state index >= 15 is 0 Å². The Morgan fingerprint density at radius 1 is 1.43 bits per heavy atom. The first kappa shape index (κ1) is 12.0. The Balaban J connectivity index is 1.97. The summed E-state index contributed by atoms with van der Waals surface area (Å²) in [5.74, 6) is 0.962. The SMILES string of the molecule is CCC1CCC(NCCCC(C)O)C1. The quantitative estimate of drug-likeness (QED) is 0.643. The van der Waals surface area contributed by atoms with Crippen molar-refractivity contribution in [2.75, 3.05) is 6.54 Å². The fourth-order valence-electron chi connectivity index (χ4n) is 2.33. The molecule has 1 rings (SSSR count). The van der Waals surface area contributed by atoms with Crippen LogP contribution in [0.2, 0.25) is 0 Å². The largest absolute Gasteiger partial charge is 0.393 e. The molecule has 84 valence electrons. The van der Waals surface area contributed by atoms with Gasteiger partial charge in [0.25, 0.3) is 0 Å². The number of aliphatic hydroxyl groups excluding tert-OH is 1. The molecular weight excluding hydrogens is 174 g/mol. The molecule has 0 aromatic carbocycles. The molecule has 0 heterocycles. The van der Waals surface area contributed by atoms with E-state index < -0.39 is 0 Å². The molecule has 0 bridgehead atoms. The zero-order chi connectivity index (χ0) is 10.4. The van der Waals surface area contributed by atoms with Gasteiger partial charge in [0, 0.05) is 6.04 Å². The average Bonchev–Trinajstić information content (AvgIpc) is 2.60. The van der Waals surface area contributed by atoms with Gasteiger partial charge in [-0.3, -0.25) is 0 Å². The van der Waals surface area contributed by atoms with Gasteiger partial charge in [0.1, 0.15) is 0 Å².